The zero-order valence-corrected chi connectivity index (χ0v) is 14.9. The molecule has 0 atom stereocenters. The van der Waals surface area contributed by atoms with Crippen molar-refractivity contribution >= 4 is 29.1 Å². The van der Waals surface area contributed by atoms with E-state index in [1.807, 2.05) is 36.6 Å². The molecule has 0 amide bonds. The largest absolute Gasteiger partial charge is 0.462 e. The number of fused-ring (bicyclic) bond motifs is 3. The van der Waals surface area contributed by atoms with Gasteiger partial charge in [0, 0.05) is 17.9 Å². The van der Waals surface area contributed by atoms with E-state index >= 15 is 0 Å². The Balaban J connectivity index is 2.17. The van der Waals surface area contributed by atoms with Gasteiger partial charge >= 0.3 is 5.97 Å². The fourth-order valence-electron chi connectivity index (χ4n) is 2.83. The first-order valence-electron chi connectivity index (χ1n) is 7.53. The Bertz CT molecular complexity index is 716. The highest BCUT2D eigenvalue weighted by molar-refractivity contribution is 8.01. The summed E-state index contributed by atoms with van der Waals surface area (Å²) >= 11 is 3.39. The van der Waals surface area contributed by atoms with E-state index < -0.39 is 0 Å². The summed E-state index contributed by atoms with van der Waals surface area (Å²) in [6.07, 6.45) is 3.77. The molecule has 1 aliphatic carbocycles. The van der Waals surface area contributed by atoms with Crippen LogP contribution in [0.25, 0.3) is 11.3 Å². The fourth-order valence-corrected chi connectivity index (χ4v) is 5.59. The normalized spacial score (nSPS) is 13.1. The number of nitrogens with zero attached hydrogens (tertiary/aromatic N) is 2. The zero-order valence-electron chi connectivity index (χ0n) is 13.3. The predicted octanol–water partition coefficient (Wildman–Crippen LogP) is 3.92. The number of hydrogen-bond acceptors (Lipinski definition) is 5. The second-order valence-electron chi connectivity index (χ2n) is 5.60. The zero-order chi connectivity index (χ0) is 15.9. The minimum Gasteiger partial charge on any atom is -0.462 e. The van der Waals surface area contributed by atoms with Gasteiger partial charge in [0.05, 0.1) is 22.7 Å². The van der Waals surface area contributed by atoms with E-state index in [-0.39, 0.29) is 5.97 Å². The van der Waals surface area contributed by atoms with Crippen LogP contribution in [0.1, 0.15) is 41.6 Å². The number of carbonyl (C=O) groups is 1. The van der Waals surface area contributed by atoms with Gasteiger partial charge in [-0.25, -0.2) is 4.79 Å². The monoisotopic (exact) mass is 336 g/mol. The molecule has 4 nitrogen and oxygen atoms in total. The van der Waals surface area contributed by atoms with Gasteiger partial charge in [-0.15, -0.1) is 23.1 Å². The Morgan fingerprint density at radius 3 is 2.95 bits per heavy atom. The van der Waals surface area contributed by atoms with Gasteiger partial charge in [0.2, 0.25) is 0 Å². The van der Waals surface area contributed by atoms with Crippen LogP contribution in [0.2, 0.25) is 0 Å². The Morgan fingerprint density at radius 2 is 2.27 bits per heavy atom. The van der Waals surface area contributed by atoms with Gasteiger partial charge in [-0.2, -0.15) is 5.10 Å². The summed E-state index contributed by atoms with van der Waals surface area (Å²) in [5.41, 5.74) is 4.78. The molecule has 0 N–H and O–H groups in total. The third kappa shape index (κ3) is 2.58. The maximum Gasteiger partial charge on any atom is 0.348 e. The summed E-state index contributed by atoms with van der Waals surface area (Å²) in [4.78, 5) is 13.1. The maximum absolute atomic E-state index is 12.3. The summed E-state index contributed by atoms with van der Waals surface area (Å²) < 4.78 is 8.39. The van der Waals surface area contributed by atoms with Crippen molar-refractivity contribution in [3.8, 4) is 11.3 Å². The molecule has 2 aromatic rings. The van der Waals surface area contributed by atoms with E-state index in [1.54, 1.807) is 11.3 Å². The molecule has 0 spiro atoms. The summed E-state index contributed by atoms with van der Waals surface area (Å²) in [5.74, 6) is -0.190. The molecule has 0 aromatic carbocycles. The van der Waals surface area contributed by atoms with Crippen molar-refractivity contribution in [2.24, 2.45) is 7.05 Å². The molecular weight excluding hydrogens is 316 g/mol. The molecule has 6 heteroatoms. The molecule has 3 rings (SSSR count). The van der Waals surface area contributed by atoms with Gasteiger partial charge in [-0.1, -0.05) is 13.8 Å². The van der Waals surface area contributed by atoms with Crippen molar-refractivity contribution in [1.82, 2.24) is 9.78 Å². The first-order valence-corrected chi connectivity index (χ1v) is 9.23. The van der Waals surface area contributed by atoms with Crippen molar-refractivity contribution in [2.75, 3.05) is 6.61 Å². The van der Waals surface area contributed by atoms with Crippen LogP contribution in [0.15, 0.2) is 10.4 Å². The van der Waals surface area contributed by atoms with Crippen LogP contribution in [0, 0.1) is 0 Å². The lowest BCUT2D eigenvalue weighted by atomic mass is 9.92. The second kappa shape index (κ2) is 6.08. The molecular formula is C16H20N2O2S2. The predicted molar refractivity (Wildman–Crippen MR) is 90.9 cm³/mol. The van der Waals surface area contributed by atoms with Crippen LogP contribution in [-0.2, 0) is 24.6 Å². The molecule has 22 heavy (non-hydrogen) atoms. The van der Waals surface area contributed by atoms with Crippen molar-refractivity contribution in [1.29, 1.82) is 0 Å². The first-order chi connectivity index (χ1) is 10.5. The average molecular weight is 336 g/mol. The van der Waals surface area contributed by atoms with E-state index in [4.69, 9.17) is 4.74 Å². The fraction of sp³-hybridized carbons (Fsp3) is 0.500. The summed E-state index contributed by atoms with van der Waals surface area (Å²) in [6.45, 7) is 6.61. The van der Waals surface area contributed by atoms with Gasteiger partial charge in [0.1, 0.15) is 4.88 Å². The van der Waals surface area contributed by atoms with Crippen LogP contribution in [0.3, 0.4) is 0 Å². The van der Waals surface area contributed by atoms with Crippen LogP contribution in [0.4, 0.5) is 0 Å². The number of esters is 1. The van der Waals surface area contributed by atoms with E-state index in [0.29, 0.717) is 11.9 Å². The van der Waals surface area contributed by atoms with Crippen molar-refractivity contribution in [3.63, 3.8) is 0 Å². The second-order valence-corrected chi connectivity index (χ2v) is 8.47. The molecule has 2 aromatic heterocycles. The number of thiophene rings is 1. The summed E-state index contributed by atoms with van der Waals surface area (Å²) in [5, 5.41) is 4.87. The number of aromatic nitrogens is 2. The Kier molecular flexibility index (Phi) is 4.32. The number of thioether (sulfide) groups is 1. The topological polar surface area (TPSA) is 44.1 Å². The van der Waals surface area contributed by atoms with Gasteiger partial charge in [0.15, 0.2) is 0 Å². The Labute approximate surface area is 138 Å². The number of hydrogen-bond donors (Lipinski definition) is 0. The van der Waals surface area contributed by atoms with E-state index in [1.165, 1.54) is 15.3 Å². The quantitative estimate of drug-likeness (QED) is 0.627. The van der Waals surface area contributed by atoms with Crippen LogP contribution < -0.4 is 0 Å². The molecule has 118 valence electrons. The lowest BCUT2D eigenvalue weighted by molar-refractivity contribution is 0.0531. The third-order valence-electron chi connectivity index (χ3n) is 3.67. The summed E-state index contributed by atoms with van der Waals surface area (Å²) in [7, 11) is 1.97. The average Bonchev–Trinajstić information content (AvgIpc) is 3.00. The highest BCUT2D eigenvalue weighted by Crippen LogP contribution is 2.47. The number of rotatable bonds is 4. The van der Waals surface area contributed by atoms with Crippen LogP contribution in [0.5, 0.6) is 0 Å². The van der Waals surface area contributed by atoms with Gasteiger partial charge in [-0.3, -0.25) is 4.68 Å². The number of aryl methyl sites for hydroxylation is 2. The maximum atomic E-state index is 12.3. The SMILES string of the molecule is CCOC(=O)c1sc(SC(C)C)c2c1CCc1cnn(C)c1-2. The molecule has 0 fully saturated rings. The Morgan fingerprint density at radius 1 is 1.50 bits per heavy atom. The van der Waals surface area contributed by atoms with Gasteiger partial charge in [-0.05, 0) is 30.9 Å². The van der Waals surface area contributed by atoms with Crippen molar-refractivity contribution in [3.05, 3.63) is 22.2 Å². The molecule has 0 bridgehead atoms. The minimum absolute atomic E-state index is 0.190. The lowest BCUT2D eigenvalue weighted by Crippen LogP contribution is -2.10. The standard InChI is InChI=1S/C16H20N2O2S2/c1-5-20-15(19)14-11-7-6-10-8-17-18(4)13(10)12(11)16(22-14)21-9(2)3/h8-9H,5-7H2,1-4H3. The number of ether oxygens (including phenoxy) is 1. The molecule has 0 unspecified atom stereocenters. The molecule has 0 radical (unpaired) electrons. The van der Waals surface area contributed by atoms with E-state index in [0.717, 1.165) is 29.0 Å². The van der Waals surface area contributed by atoms with Crippen molar-refractivity contribution in [2.45, 2.75) is 43.1 Å². The van der Waals surface area contributed by atoms with Crippen molar-refractivity contribution < 1.29 is 9.53 Å². The smallest absolute Gasteiger partial charge is 0.348 e. The van der Waals surface area contributed by atoms with Gasteiger partial charge < -0.3 is 4.74 Å². The molecule has 0 saturated heterocycles. The van der Waals surface area contributed by atoms with E-state index in [2.05, 4.69) is 18.9 Å². The molecule has 2 heterocycles. The highest BCUT2D eigenvalue weighted by atomic mass is 32.2. The molecule has 0 aliphatic heterocycles. The minimum atomic E-state index is -0.190. The summed E-state index contributed by atoms with van der Waals surface area (Å²) in [6, 6.07) is 0. The molecule has 0 saturated carbocycles. The lowest BCUT2D eigenvalue weighted by Gasteiger charge is -2.16. The van der Waals surface area contributed by atoms with Crippen LogP contribution in [-0.4, -0.2) is 27.6 Å². The Hall–Kier alpha value is -1.27. The number of carbonyl (C=O) groups excluding carboxylic acids is 1. The van der Waals surface area contributed by atoms with Crippen LogP contribution >= 0.6 is 23.1 Å². The first kappa shape index (κ1) is 15.6. The highest BCUT2D eigenvalue weighted by Gasteiger charge is 2.31. The van der Waals surface area contributed by atoms with Gasteiger partial charge in [0.25, 0.3) is 0 Å². The van der Waals surface area contributed by atoms with E-state index in [9.17, 15) is 4.79 Å². The third-order valence-corrected chi connectivity index (χ3v) is 6.11. The molecule has 1 aliphatic rings.